The van der Waals surface area contributed by atoms with E-state index in [2.05, 4.69) is 41.4 Å². The number of nitrogens with one attached hydrogen (secondary N) is 2. The number of aromatic nitrogens is 3. The standard InChI is InChI=1S/C28H37N7O3S/c1-28(2,3)23-19-31-27(32-22-13-9-11-20(17-22)26(36)35-15-7-6-8-16-35)33-24(23)30-18-21-12-10-14-29-25(21)34(4)39(5,37)38/h9-14,17,19H,6-8,15-16,18H2,1-5H3,(H2,30,31,32,33). The molecular weight excluding hydrogens is 514 g/mol. The van der Waals surface area contributed by atoms with Crippen LogP contribution in [0.25, 0.3) is 0 Å². The van der Waals surface area contributed by atoms with Crippen molar-refractivity contribution in [2.75, 3.05) is 41.3 Å². The number of likely N-dealkylation sites (tertiary alicyclic amines) is 1. The van der Waals surface area contributed by atoms with Gasteiger partial charge in [-0.1, -0.05) is 32.9 Å². The second-order valence-corrected chi connectivity index (χ2v) is 12.8. The average molecular weight is 552 g/mol. The second-order valence-electron chi connectivity index (χ2n) is 10.8. The first-order chi connectivity index (χ1) is 18.4. The van der Waals surface area contributed by atoms with Gasteiger partial charge in [-0.15, -0.1) is 0 Å². The first-order valence-corrected chi connectivity index (χ1v) is 14.9. The Bertz CT molecular complexity index is 1430. The number of carbonyl (C=O) groups excluding carboxylic acids is 1. The van der Waals surface area contributed by atoms with Crippen molar-refractivity contribution in [2.24, 2.45) is 0 Å². The maximum atomic E-state index is 13.0. The van der Waals surface area contributed by atoms with Gasteiger partial charge < -0.3 is 15.5 Å². The predicted molar refractivity (Wildman–Crippen MR) is 155 cm³/mol. The van der Waals surface area contributed by atoms with Gasteiger partial charge in [0, 0.05) is 61.5 Å². The molecule has 208 valence electrons. The lowest BCUT2D eigenvalue weighted by molar-refractivity contribution is 0.0724. The van der Waals surface area contributed by atoms with E-state index in [0.29, 0.717) is 35.3 Å². The van der Waals surface area contributed by atoms with Gasteiger partial charge in [-0.3, -0.25) is 9.10 Å². The molecular formula is C28H37N7O3S. The number of sulfonamides is 1. The molecule has 1 aliphatic rings. The van der Waals surface area contributed by atoms with Crippen LogP contribution in [0.2, 0.25) is 0 Å². The Morgan fingerprint density at radius 1 is 1.08 bits per heavy atom. The Kier molecular flexibility index (Phi) is 8.39. The Hall–Kier alpha value is -3.73. The van der Waals surface area contributed by atoms with Crippen LogP contribution in [0.1, 0.15) is 61.5 Å². The van der Waals surface area contributed by atoms with Crippen molar-refractivity contribution in [1.29, 1.82) is 0 Å². The lowest BCUT2D eigenvalue weighted by atomic mass is 9.88. The van der Waals surface area contributed by atoms with Crippen molar-refractivity contribution in [1.82, 2.24) is 19.9 Å². The molecule has 1 aliphatic heterocycles. The van der Waals surface area contributed by atoms with Crippen LogP contribution in [0.15, 0.2) is 48.8 Å². The summed E-state index contributed by atoms with van der Waals surface area (Å²) in [6, 6.07) is 11.0. The summed E-state index contributed by atoms with van der Waals surface area (Å²) in [5, 5.41) is 6.60. The molecule has 1 amide bonds. The van der Waals surface area contributed by atoms with Crippen molar-refractivity contribution in [3.63, 3.8) is 0 Å². The average Bonchev–Trinajstić information content (AvgIpc) is 2.91. The van der Waals surface area contributed by atoms with Gasteiger partial charge in [0.2, 0.25) is 16.0 Å². The summed E-state index contributed by atoms with van der Waals surface area (Å²) in [6.07, 6.45) is 7.75. The number of piperidine rings is 1. The molecule has 1 fully saturated rings. The van der Waals surface area contributed by atoms with E-state index >= 15 is 0 Å². The van der Waals surface area contributed by atoms with E-state index in [1.165, 1.54) is 17.8 Å². The van der Waals surface area contributed by atoms with Gasteiger partial charge in [-0.2, -0.15) is 4.98 Å². The minimum atomic E-state index is -3.47. The molecule has 0 atom stereocenters. The summed E-state index contributed by atoms with van der Waals surface area (Å²) >= 11 is 0. The van der Waals surface area contributed by atoms with E-state index in [9.17, 15) is 13.2 Å². The maximum absolute atomic E-state index is 13.0. The third-order valence-electron chi connectivity index (χ3n) is 6.72. The molecule has 0 aliphatic carbocycles. The molecule has 0 saturated carbocycles. The van der Waals surface area contributed by atoms with Crippen LogP contribution in [0, 0.1) is 0 Å². The number of hydrogen-bond acceptors (Lipinski definition) is 8. The molecule has 10 nitrogen and oxygen atoms in total. The lowest BCUT2D eigenvalue weighted by Gasteiger charge is -2.26. The number of hydrogen-bond donors (Lipinski definition) is 2. The van der Waals surface area contributed by atoms with Crippen LogP contribution in [-0.4, -0.2) is 60.6 Å². The zero-order valence-electron chi connectivity index (χ0n) is 23.2. The Labute approximate surface area is 230 Å². The fraction of sp³-hybridized carbons (Fsp3) is 0.429. The third kappa shape index (κ3) is 7.03. The molecule has 1 saturated heterocycles. The van der Waals surface area contributed by atoms with Crippen LogP contribution in [0.5, 0.6) is 0 Å². The van der Waals surface area contributed by atoms with Crippen LogP contribution in [-0.2, 0) is 22.0 Å². The molecule has 0 spiro atoms. The van der Waals surface area contributed by atoms with Gasteiger partial charge in [0.1, 0.15) is 11.6 Å². The largest absolute Gasteiger partial charge is 0.365 e. The number of amides is 1. The smallest absolute Gasteiger partial charge is 0.253 e. The number of rotatable bonds is 8. The molecule has 11 heteroatoms. The molecule has 39 heavy (non-hydrogen) atoms. The van der Waals surface area contributed by atoms with Gasteiger partial charge in [0.25, 0.3) is 5.91 Å². The van der Waals surface area contributed by atoms with Crippen molar-refractivity contribution in [2.45, 2.75) is 52.0 Å². The highest BCUT2D eigenvalue weighted by atomic mass is 32.2. The van der Waals surface area contributed by atoms with Crippen molar-refractivity contribution < 1.29 is 13.2 Å². The topological polar surface area (TPSA) is 120 Å². The lowest BCUT2D eigenvalue weighted by Crippen LogP contribution is -2.35. The van der Waals surface area contributed by atoms with E-state index in [4.69, 9.17) is 4.98 Å². The molecule has 2 N–H and O–H groups in total. The molecule has 1 aromatic carbocycles. The number of carbonyl (C=O) groups is 1. The number of benzene rings is 1. The summed E-state index contributed by atoms with van der Waals surface area (Å²) in [7, 11) is -1.99. The molecule has 3 aromatic rings. The SMILES string of the molecule is CN(c1ncccc1CNc1nc(Nc2cccc(C(=O)N3CCCCC3)c2)ncc1C(C)(C)C)S(C)(=O)=O. The van der Waals surface area contributed by atoms with E-state index < -0.39 is 10.0 Å². The first kappa shape index (κ1) is 28.3. The quantitative estimate of drug-likeness (QED) is 0.419. The Morgan fingerprint density at radius 3 is 2.51 bits per heavy atom. The summed E-state index contributed by atoms with van der Waals surface area (Å²) in [5.41, 5.74) is 2.72. The molecule has 3 heterocycles. The molecule has 0 bridgehead atoms. The highest BCUT2D eigenvalue weighted by molar-refractivity contribution is 7.92. The number of pyridine rings is 1. The second kappa shape index (κ2) is 11.6. The summed E-state index contributed by atoms with van der Waals surface area (Å²) in [6.45, 7) is 8.12. The van der Waals surface area contributed by atoms with Gasteiger partial charge in [-0.25, -0.2) is 18.4 Å². The Morgan fingerprint density at radius 2 is 1.82 bits per heavy atom. The normalized spacial score (nSPS) is 14.1. The Balaban J connectivity index is 1.57. The first-order valence-electron chi connectivity index (χ1n) is 13.1. The van der Waals surface area contributed by atoms with Crippen molar-refractivity contribution >= 4 is 39.2 Å². The molecule has 0 unspecified atom stereocenters. The van der Waals surface area contributed by atoms with Gasteiger partial charge in [0.05, 0.1) is 6.26 Å². The van der Waals surface area contributed by atoms with E-state index in [0.717, 1.165) is 43.4 Å². The number of anilines is 4. The third-order valence-corrected chi connectivity index (χ3v) is 7.88. The van der Waals surface area contributed by atoms with Crippen molar-refractivity contribution in [3.8, 4) is 0 Å². The van der Waals surface area contributed by atoms with E-state index in [1.54, 1.807) is 18.5 Å². The summed E-state index contributed by atoms with van der Waals surface area (Å²) in [5.74, 6) is 1.40. The van der Waals surface area contributed by atoms with Gasteiger partial charge >= 0.3 is 0 Å². The molecule has 0 radical (unpaired) electrons. The fourth-order valence-corrected chi connectivity index (χ4v) is 4.93. The maximum Gasteiger partial charge on any atom is 0.253 e. The summed E-state index contributed by atoms with van der Waals surface area (Å²) < 4.78 is 25.4. The van der Waals surface area contributed by atoms with Crippen LogP contribution >= 0.6 is 0 Å². The highest BCUT2D eigenvalue weighted by Gasteiger charge is 2.23. The van der Waals surface area contributed by atoms with Gasteiger partial charge in [-0.05, 0) is 48.9 Å². The molecule has 2 aromatic heterocycles. The zero-order valence-corrected chi connectivity index (χ0v) is 24.0. The van der Waals surface area contributed by atoms with E-state index in [-0.39, 0.29) is 11.3 Å². The minimum absolute atomic E-state index is 0.0380. The van der Waals surface area contributed by atoms with E-state index in [1.807, 2.05) is 35.2 Å². The fourth-order valence-electron chi connectivity index (χ4n) is 4.45. The van der Waals surface area contributed by atoms with Crippen LogP contribution < -0.4 is 14.9 Å². The molecule has 4 rings (SSSR count). The predicted octanol–water partition coefficient (Wildman–Crippen LogP) is 4.55. The van der Waals surface area contributed by atoms with Crippen molar-refractivity contribution in [3.05, 3.63) is 65.5 Å². The monoisotopic (exact) mass is 551 g/mol. The van der Waals surface area contributed by atoms with Crippen LogP contribution in [0.4, 0.5) is 23.3 Å². The highest BCUT2D eigenvalue weighted by Crippen LogP contribution is 2.30. The zero-order chi connectivity index (χ0) is 28.2. The van der Waals surface area contributed by atoms with Crippen LogP contribution in [0.3, 0.4) is 0 Å². The van der Waals surface area contributed by atoms with Gasteiger partial charge in [0.15, 0.2) is 0 Å². The summed E-state index contributed by atoms with van der Waals surface area (Å²) in [4.78, 5) is 28.5. The number of nitrogens with zero attached hydrogens (tertiary/aromatic N) is 5. The minimum Gasteiger partial charge on any atom is -0.365 e.